The van der Waals surface area contributed by atoms with E-state index in [4.69, 9.17) is 0 Å². The van der Waals surface area contributed by atoms with Crippen LogP contribution in [-0.4, -0.2) is 19.6 Å². The standard InChI is InChI=1S/C10H12BrNO2/c1-7-5-8(3-4-9(7)11)12-6-10(13)14-2/h3-5,12H,6H2,1-2H3. The summed E-state index contributed by atoms with van der Waals surface area (Å²) in [5, 5.41) is 2.97. The van der Waals surface area contributed by atoms with Crippen LogP contribution in [0.25, 0.3) is 0 Å². The number of hydrogen-bond acceptors (Lipinski definition) is 3. The number of aryl methyl sites for hydroxylation is 1. The molecule has 0 atom stereocenters. The van der Waals surface area contributed by atoms with Gasteiger partial charge in [-0.2, -0.15) is 0 Å². The van der Waals surface area contributed by atoms with Gasteiger partial charge in [-0.15, -0.1) is 0 Å². The largest absolute Gasteiger partial charge is 0.468 e. The SMILES string of the molecule is COC(=O)CNc1ccc(Br)c(C)c1. The molecule has 1 N–H and O–H groups in total. The van der Waals surface area contributed by atoms with E-state index in [2.05, 4.69) is 26.0 Å². The molecule has 0 unspecified atom stereocenters. The van der Waals surface area contributed by atoms with Crippen molar-refractivity contribution < 1.29 is 9.53 Å². The van der Waals surface area contributed by atoms with E-state index >= 15 is 0 Å². The van der Waals surface area contributed by atoms with Crippen LogP contribution in [0.2, 0.25) is 0 Å². The van der Waals surface area contributed by atoms with Crippen LogP contribution in [0, 0.1) is 6.92 Å². The van der Waals surface area contributed by atoms with Crippen LogP contribution in [0.5, 0.6) is 0 Å². The van der Waals surface area contributed by atoms with Crippen LogP contribution in [0.1, 0.15) is 5.56 Å². The number of esters is 1. The third kappa shape index (κ3) is 3.03. The highest BCUT2D eigenvalue weighted by atomic mass is 79.9. The maximum absolute atomic E-state index is 10.8. The highest BCUT2D eigenvalue weighted by Crippen LogP contribution is 2.19. The molecule has 76 valence electrons. The van der Waals surface area contributed by atoms with Gasteiger partial charge in [0.15, 0.2) is 0 Å². The first-order chi connectivity index (χ1) is 6.63. The van der Waals surface area contributed by atoms with Gasteiger partial charge < -0.3 is 10.1 Å². The van der Waals surface area contributed by atoms with Crippen LogP contribution in [0.3, 0.4) is 0 Å². The monoisotopic (exact) mass is 257 g/mol. The number of anilines is 1. The summed E-state index contributed by atoms with van der Waals surface area (Å²) in [5.41, 5.74) is 2.04. The van der Waals surface area contributed by atoms with Crippen molar-refractivity contribution in [3.63, 3.8) is 0 Å². The van der Waals surface area contributed by atoms with Gasteiger partial charge in [0.05, 0.1) is 7.11 Å². The lowest BCUT2D eigenvalue weighted by Gasteiger charge is -2.06. The molecular formula is C10H12BrNO2. The molecule has 1 rings (SSSR count). The Balaban J connectivity index is 2.60. The number of carbonyl (C=O) groups excluding carboxylic acids is 1. The lowest BCUT2D eigenvalue weighted by Crippen LogP contribution is -2.14. The minimum Gasteiger partial charge on any atom is -0.468 e. The summed E-state index contributed by atoms with van der Waals surface area (Å²) in [6.07, 6.45) is 0. The molecule has 0 radical (unpaired) electrons. The predicted molar refractivity (Wildman–Crippen MR) is 59.4 cm³/mol. The fraction of sp³-hybridized carbons (Fsp3) is 0.300. The van der Waals surface area contributed by atoms with E-state index in [9.17, 15) is 4.79 Å². The second-order valence-corrected chi connectivity index (χ2v) is 3.75. The van der Waals surface area contributed by atoms with Crippen molar-refractivity contribution in [1.29, 1.82) is 0 Å². The average Bonchev–Trinajstić information content (AvgIpc) is 2.19. The Morgan fingerprint density at radius 3 is 2.86 bits per heavy atom. The lowest BCUT2D eigenvalue weighted by molar-refractivity contribution is -0.138. The second kappa shape index (κ2) is 5.00. The first-order valence-corrected chi connectivity index (χ1v) is 4.99. The van der Waals surface area contributed by atoms with Crippen molar-refractivity contribution in [3.05, 3.63) is 28.2 Å². The summed E-state index contributed by atoms with van der Waals surface area (Å²) in [7, 11) is 1.37. The molecule has 0 saturated heterocycles. The topological polar surface area (TPSA) is 38.3 Å². The van der Waals surface area contributed by atoms with E-state index in [-0.39, 0.29) is 12.5 Å². The number of halogens is 1. The fourth-order valence-corrected chi connectivity index (χ4v) is 1.25. The van der Waals surface area contributed by atoms with Gasteiger partial charge in [-0.1, -0.05) is 15.9 Å². The summed E-state index contributed by atoms with van der Waals surface area (Å²) < 4.78 is 5.57. The molecule has 0 heterocycles. The predicted octanol–water partition coefficient (Wildman–Crippen LogP) is 2.34. The molecule has 4 heteroatoms. The fourth-order valence-electron chi connectivity index (χ4n) is 1.00. The smallest absolute Gasteiger partial charge is 0.325 e. The molecule has 0 aliphatic rings. The van der Waals surface area contributed by atoms with Crippen LogP contribution < -0.4 is 5.32 Å². The number of hydrogen-bond donors (Lipinski definition) is 1. The highest BCUT2D eigenvalue weighted by molar-refractivity contribution is 9.10. The number of carbonyl (C=O) groups is 1. The van der Waals surface area contributed by atoms with Crippen LogP contribution in [0.15, 0.2) is 22.7 Å². The van der Waals surface area contributed by atoms with E-state index < -0.39 is 0 Å². The molecule has 14 heavy (non-hydrogen) atoms. The minimum atomic E-state index is -0.273. The van der Waals surface area contributed by atoms with E-state index in [1.165, 1.54) is 7.11 Å². The van der Waals surface area contributed by atoms with E-state index in [0.717, 1.165) is 15.7 Å². The van der Waals surface area contributed by atoms with Crippen molar-refractivity contribution in [1.82, 2.24) is 0 Å². The minimum absolute atomic E-state index is 0.192. The van der Waals surface area contributed by atoms with Crippen LogP contribution >= 0.6 is 15.9 Å². The molecule has 3 nitrogen and oxygen atoms in total. The van der Waals surface area contributed by atoms with Crippen molar-refractivity contribution >= 4 is 27.6 Å². The van der Waals surface area contributed by atoms with Crippen molar-refractivity contribution in [3.8, 4) is 0 Å². The second-order valence-electron chi connectivity index (χ2n) is 2.89. The van der Waals surface area contributed by atoms with Crippen molar-refractivity contribution in [2.24, 2.45) is 0 Å². The number of benzene rings is 1. The summed E-state index contributed by atoms with van der Waals surface area (Å²) >= 11 is 3.40. The Morgan fingerprint density at radius 1 is 1.57 bits per heavy atom. The summed E-state index contributed by atoms with van der Waals surface area (Å²) in [6, 6.07) is 5.81. The van der Waals surface area contributed by atoms with Gasteiger partial charge in [-0.3, -0.25) is 4.79 Å². The molecule has 1 aromatic rings. The molecule has 0 amide bonds. The summed E-state index contributed by atoms with van der Waals surface area (Å²) in [6.45, 7) is 2.19. The van der Waals surface area contributed by atoms with Crippen LogP contribution in [0.4, 0.5) is 5.69 Å². The Kier molecular flexibility index (Phi) is 3.95. The van der Waals surface area contributed by atoms with Gasteiger partial charge in [-0.25, -0.2) is 0 Å². The Morgan fingerprint density at radius 2 is 2.29 bits per heavy atom. The zero-order valence-electron chi connectivity index (χ0n) is 8.13. The Labute approximate surface area is 91.6 Å². The first kappa shape index (κ1) is 11.0. The van der Waals surface area contributed by atoms with Gasteiger partial charge in [0.25, 0.3) is 0 Å². The summed E-state index contributed by atoms with van der Waals surface area (Å²) in [5.74, 6) is -0.273. The molecule has 1 aromatic carbocycles. The Hall–Kier alpha value is -1.03. The molecule has 0 aliphatic carbocycles. The van der Waals surface area contributed by atoms with Crippen molar-refractivity contribution in [2.45, 2.75) is 6.92 Å². The first-order valence-electron chi connectivity index (χ1n) is 4.20. The zero-order valence-corrected chi connectivity index (χ0v) is 9.72. The third-order valence-corrected chi connectivity index (χ3v) is 2.71. The maximum Gasteiger partial charge on any atom is 0.325 e. The van der Waals surface area contributed by atoms with E-state index in [1.807, 2.05) is 25.1 Å². The maximum atomic E-state index is 10.8. The van der Waals surface area contributed by atoms with E-state index in [1.54, 1.807) is 0 Å². The summed E-state index contributed by atoms with van der Waals surface area (Å²) in [4.78, 5) is 10.8. The Bertz CT molecular complexity index is 339. The molecular weight excluding hydrogens is 246 g/mol. The molecule has 0 spiro atoms. The van der Waals surface area contributed by atoms with Gasteiger partial charge in [0.1, 0.15) is 6.54 Å². The zero-order chi connectivity index (χ0) is 10.6. The van der Waals surface area contributed by atoms with Crippen LogP contribution in [-0.2, 0) is 9.53 Å². The number of nitrogens with one attached hydrogen (secondary N) is 1. The molecule has 0 aromatic heterocycles. The number of methoxy groups -OCH3 is 1. The highest BCUT2D eigenvalue weighted by Gasteiger charge is 2.00. The average molecular weight is 258 g/mol. The molecule has 0 fully saturated rings. The molecule has 0 aliphatic heterocycles. The van der Waals surface area contributed by atoms with E-state index in [0.29, 0.717) is 0 Å². The van der Waals surface area contributed by atoms with Gasteiger partial charge in [-0.05, 0) is 30.7 Å². The molecule has 0 bridgehead atoms. The number of rotatable bonds is 3. The van der Waals surface area contributed by atoms with Gasteiger partial charge in [0, 0.05) is 10.2 Å². The van der Waals surface area contributed by atoms with Crippen molar-refractivity contribution in [2.75, 3.05) is 19.0 Å². The molecule has 0 saturated carbocycles. The number of ether oxygens (including phenoxy) is 1. The normalized spacial score (nSPS) is 9.64. The third-order valence-electron chi connectivity index (χ3n) is 1.82. The van der Waals surface area contributed by atoms with Gasteiger partial charge in [0.2, 0.25) is 0 Å². The van der Waals surface area contributed by atoms with Gasteiger partial charge >= 0.3 is 5.97 Å². The quantitative estimate of drug-likeness (QED) is 0.845. The lowest BCUT2D eigenvalue weighted by atomic mass is 10.2.